The molecule has 0 saturated heterocycles. The summed E-state index contributed by atoms with van der Waals surface area (Å²) in [6.07, 6.45) is -0.391. The van der Waals surface area contributed by atoms with Crippen molar-refractivity contribution in [2.75, 3.05) is 0 Å². The maximum atomic E-state index is 13.0. The van der Waals surface area contributed by atoms with E-state index in [9.17, 15) is 13.9 Å². The van der Waals surface area contributed by atoms with E-state index in [0.717, 1.165) is 22.6 Å². The molecule has 1 aromatic carbocycles. The molecule has 2 rings (SSSR count). The Balaban J connectivity index is 2.12. The molecular formula is C13H12F2OS. The Hall–Kier alpha value is -1.26. The van der Waals surface area contributed by atoms with Gasteiger partial charge in [0.2, 0.25) is 0 Å². The molecule has 2 aromatic rings. The van der Waals surface area contributed by atoms with Crippen molar-refractivity contribution < 1.29 is 13.9 Å². The van der Waals surface area contributed by atoms with Crippen molar-refractivity contribution in [3.63, 3.8) is 0 Å². The largest absolute Gasteiger partial charge is 0.388 e. The Morgan fingerprint density at radius 3 is 2.59 bits per heavy atom. The smallest absolute Gasteiger partial charge is 0.159 e. The van der Waals surface area contributed by atoms with E-state index in [2.05, 4.69) is 0 Å². The van der Waals surface area contributed by atoms with Crippen LogP contribution in [0, 0.1) is 18.6 Å². The molecule has 17 heavy (non-hydrogen) atoms. The van der Waals surface area contributed by atoms with Gasteiger partial charge < -0.3 is 5.11 Å². The zero-order valence-corrected chi connectivity index (χ0v) is 10.1. The van der Waals surface area contributed by atoms with Crippen molar-refractivity contribution in [1.82, 2.24) is 0 Å². The van der Waals surface area contributed by atoms with E-state index < -0.39 is 17.7 Å². The van der Waals surface area contributed by atoms with Gasteiger partial charge in [-0.15, -0.1) is 11.3 Å². The van der Waals surface area contributed by atoms with E-state index in [1.165, 1.54) is 6.07 Å². The lowest BCUT2D eigenvalue weighted by molar-refractivity contribution is 0.179. The van der Waals surface area contributed by atoms with Gasteiger partial charge in [-0.25, -0.2) is 8.78 Å². The minimum atomic E-state index is -0.879. The zero-order valence-electron chi connectivity index (χ0n) is 9.28. The van der Waals surface area contributed by atoms with Gasteiger partial charge in [-0.05, 0) is 41.6 Å². The van der Waals surface area contributed by atoms with Gasteiger partial charge in [-0.2, -0.15) is 0 Å². The second kappa shape index (κ2) is 4.94. The summed E-state index contributed by atoms with van der Waals surface area (Å²) in [5.74, 6) is -1.74. The summed E-state index contributed by atoms with van der Waals surface area (Å²) in [5, 5.41) is 11.8. The van der Waals surface area contributed by atoms with E-state index in [1.54, 1.807) is 11.3 Å². The van der Waals surface area contributed by atoms with Crippen LogP contribution in [0.4, 0.5) is 8.78 Å². The molecule has 0 aliphatic heterocycles. The Kier molecular flexibility index (Phi) is 3.54. The fraction of sp³-hybridized carbons (Fsp3) is 0.231. The normalized spacial score (nSPS) is 12.7. The lowest BCUT2D eigenvalue weighted by atomic mass is 10.0. The first-order chi connectivity index (χ1) is 8.06. The standard InChI is InChI=1S/C13H12F2OS/c1-8-4-10(7-17-8)13(16)6-9-2-3-11(14)12(15)5-9/h2-5,7,13,16H,6H2,1H3. The van der Waals surface area contributed by atoms with Gasteiger partial charge in [0.25, 0.3) is 0 Å². The Labute approximate surface area is 102 Å². The van der Waals surface area contributed by atoms with Gasteiger partial charge in [-0.3, -0.25) is 0 Å². The molecule has 1 nitrogen and oxygen atoms in total. The van der Waals surface area contributed by atoms with E-state index in [0.29, 0.717) is 5.56 Å². The monoisotopic (exact) mass is 254 g/mol. The maximum Gasteiger partial charge on any atom is 0.159 e. The second-order valence-corrected chi connectivity index (χ2v) is 5.07. The molecule has 0 amide bonds. The predicted molar refractivity (Wildman–Crippen MR) is 64.1 cm³/mol. The Morgan fingerprint density at radius 1 is 1.24 bits per heavy atom. The van der Waals surface area contributed by atoms with Gasteiger partial charge in [-0.1, -0.05) is 6.07 Å². The van der Waals surface area contributed by atoms with E-state index in [1.807, 2.05) is 18.4 Å². The van der Waals surface area contributed by atoms with Gasteiger partial charge >= 0.3 is 0 Å². The number of benzene rings is 1. The van der Waals surface area contributed by atoms with Crippen LogP contribution in [0.5, 0.6) is 0 Å². The molecule has 0 saturated carbocycles. The fourth-order valence-corrected chi connectivity index (χ4v) is 2.40. The number of hydrogen-bond donors (Lipinski definition) is 1. The minimum absolute atomic E-state index is 0.285. The molecule has 0 radical (unpaired) electrons. The fourth-order valence-electron chi connectivity index (χ4n) is 1.65. The number of halogens is 2. The van der Waals surface area contributed by atoms with Crippen LogP contribution < -0.4 is 0 Å². The van der Waals surface area contributed by atoms with Crippen LogP contribution in [-0.4, -0.2) is 5.11 Å². The molecule has 4 heteroatoms. The molecule has 0 aliphatic carbocycles. The van der Waals surface area contributed by atoms with Crippen LogP contribution in [0.3, 0.4) is 0 Å². The van der Waals surface area contributed by atoms with E-state index >= 15 is 0 Å². The molecule has 0 spiro atoms. The number of aliphatic hydroxyl groups excluding tert-OH is 1. The maximum absolute atomic E-state index is 13.0. The van der Waals surface area contributed by atoms with Crippen molar-refractivity contribution in [3.8, 4) is 0 Å². The number of hydrogen-bond acceptors (Lipinski definition) is 2. The summed E-state index contributed by atoms with van der Waals surface area (Å²) in [6, 6.07) is 5.59. The highest BCUT2D eigenvalue weighted by Gasteiger charge is 2.11. The number of thiophene rings is 1. The van der Waals surface area contributed by atoms with Gasteiger partial charge in [0, 0.05) is 11.3 Å². The van der Waals surface area contributed by atoms with Crippen molar-refractivity contribution in [2.45, 2.75) is 19.4 Å². The predicted octanol–water partition coefficient (Wildman–Crippen LogP) is 3.61. The highest BCUT2D eigenvalue weighted by atomic mass is 32.1. The Morgan fingerprint density at radius 2 is 2.00 bits per heavy atom. The first kappa shape index (κ1) is 12.2. The first-order valence-corrected chi connectivity index (χ1v) is 6.11. The number of aryl methyl sites for hydroxylation is 1. The highest BCUT2D eigenvalue weighted by molar-refractivity contribution is 7.10. The lowest BCUT2D eigenvalue weighted by Crippen LogP contribution is -2.01. The molecular weight excluding hydrogens is 242 g/mol. The van der Waals surface area contributed by atoms with Crippen LogP contribution in [0.25, 0.3) is 0 Å². The highest BCUT2D eigenvalue weighted by Crippen LogP contribution is 2.23. The summed E-state index contributed by atoms with van der Waals surface area (Å²) in [7, 11) is 0. The average Bonchev–Trinajstić information content (AvgIpc) is 2.70. The summed E-state index contributed by atoms with van der Waals surface area (Å²) in [6.45, 7) is 1.96. The summed E-state index contributed by atoms with van der Waals surface area (Å²) in [4.78, 5) is 1.12. The van der Waals surface area contributed by atoms with Crippen molar-refractivity contribution in [1.29, 1.82) is 0 Å². The molecule has 0 bridgehead atoms. The van der Waals surface area contributed by atoms with Crippen LogP contribution in [-0.2, 0) is 6.42 Å². The van der Waals surface area contributed by atoms with Gasteiger partial charge in [0.05, 0.1) is 6.10 Å². The van der Waals surface area contributed by atoms with Crippen molar-refractivity contribution >= 4 is 11.3 Å². The summed E-state index contributed by atoms with van der Waals surface area (Å²) in [5.41, 5.74) is 1.40. The topological polar surface area (TPSA) is 20.2 Å². The second-order valence-electron chi connectivity index (χ2n) is 3.96. The van der Waals surface area contributed by atoms with Crippen LogP contribution in [0.1, 0.15) is 22.1 Å². The van der Waals surface area contributed by atoms with E-state index in [-0.39, 0.29) is 6.42 Å². The number of aliphatic hydroxyl groups is 1. The van der Waals surface area contributed by atoms with Crippen molar-refractivity contribution in [2.24, 2.45) is 0 Å². The first-order valence-electron chi connectivity index (χ1n) is 5.23. The minimum Gasteiger partial charge on any atom is -0.388 e. The van der Waals surface area contributed by atoms with Crippen LogP contribution in [0.2, 0.25) is 0 Å². The molecule has 0 aliphatic rings. The molecule has 1 atom stereocenters. The molecule has 1 heterocycles. The number of rotatable bonds is 3. The SMILES string of the molecule is Cc1cc(C(O)Cc2ccc(F)c(F)c2)cs1. The third-order valence-electron chi connectivity index (χ3n) is 2.55. The zero-order chi connectivity index (χ0) is 12.4. The summed E-state index contributed by atoms with van der Waals surface area (Å²) >= 11 is 1.55. The molecule has 1 aromatic heterocycles. The van der Waals surface area contributed by atoms with Crippen LogP contribution in [0.15, 0.2) is 29.6 Å². The average molecular weight is 254 g/mol. The third-order valence-corrected chi connectivity index (χ3v) is 3.43. The third kappa shape index (κ3) is 2.90. The lowest BCUT2D eigenvalue weighted by Gasteiger charge is -2.09. The van der Waals surface area contributed by atoms with Crippen LogP contribution >= 0.6 is 11.3 Å². The van der Waals surface area contributed by atoms with Gasteiger partial charge in [0.1, 0.15) is 0 Å². The molecule has 0 fully saturated rings. The molecule has 1 unspecified atom stereocenters. The Bertz CT molecular complexity index is 522. The van der Waals surface area contributed by atoms with Crippen molar-refractivity contribution in [3.05, 3.63) is 57.3 Å². The molecule has 90 valence electrons. The summed E-state index contributed by atoms with van der Waals surface area (Å²) < 4.78 is 25.7. The quantitative estimate of drug-likeness (QED) is 0.887. The van der Waals surface area contributed by atoms with E-state index in [4.69, 9.17) is 0 Å². The molecule has 1 N–H and O–H groups in total. The van der Waals surface area contributed by atoms with Gasteiger partial charge in [0.15, 0.2) is 11.6 Å².